The van der Waals surface area contributed by atoms with Crippen LogP contribution in [-0.2, 0) is 6.42 Å². The molecule has 1 aliphatic rings. The van der Waals surface area contributed by atoms with E-state index in [1.165, 1.54) is 24.4 Å². The van der Waals surface area contributed by atoms with Gasteiger partial charge < -0.3 is 10.4 Å². The van der Waals surface area contributed by atoms with E-state index in [9.17, 15) is 5.11 Å². The quantitative estimate of drug-likeness (QED) is 0.722. The van der Waals surface area contributed by atoms with Crippen LogP contribution >= 0.6 is 23.3 Å². The molecule has 1 fully saturated rings. The maximum absolute atomic E-state index is 9.62. The molecular formula is C13H23N3OS2. The molecule has 0 aliphatic heterocycles. The van der Waals surface area contributed by atoms with Gasteiger partial charge in [-0.25, -0.2) is 4.98 Å². The lowest BCUT2D eigenvalue weighted by atomic mass is 9.97. The zero-order valence-corrected chi connectivity index (χ0v) is 13.5. The van der Waals surface area contributed by atoms with Gasteiger partial charge in [0.1, 0.15) is 5.82 Å². The second-order valence-corrected chi connectivity index (χ2v) is 8.04. The van der Waals surface area contributed by atoms with Crippen LogP contribution in [0.1, 0.15) is 45.9 Å². The second-order valence-electron chi connectivity index (χ2n) is 5.60. The van der Waals surface area contributed by atoms with Crippen LogP contribution in [0, 0.1) is 0 Å². The zero-order chi connectivity index (χ0) is 13.9. The van der Waals surface area contributed by atoms with Gasteiger partial charge in [0.05, 0.1) is 6.61 Å². The van der Waals surface area contributed by atoms with E-state index >= 15 is 0 Å². The Balaban J connectivity index is 1.85. The predicted octanol–water partition coefficient (Wildman–Crippen LogP) is 2.47. The van der Waals surface area contributed by atoms with E-state index in [0.29, 0.717) is 11.3 Å². The maximum Gasteiger partial charge on any atom is 0.170 e. The van der Waals surface area contributed by atoms with Gasteiger partial charge in [-0.2, -0.15) is 4.37 Å². The Hall–Kier alpha value is -0.170. The monoisotopic (exact) mass is 301 g/mol. The molecule has 1 aliphatic carbocycles. The Morgan fingerprint density at radius 1 is 1.58 bits per heavy atom. The summed E-state index contributed by atoms with van der Waals surface area (Å²) in [6.07, 6.45) is 4.31. The predicted molar refractivity (Wildman–Crippen MR) is 80.9 cm³/mol. The average molecular weight is 301 g/mol. The summed E-state index contributed by atoms with van der Waals surface area (Å²) in [7, 11) is 0. The topological polar surface area (TPSA) is 58.0 Å². The Kier molecular flexibility index (Phi) is 5.22. The Labute approximate surface area is 123 Å². The number of aryl methyl sites for hydroxylation is 1. The van der Waals surface area contributed by atoms with Crippen LogP contribution in [0.5, 0.6) is 0 Å². The SMILES string of the molecule is CCc1nsc(SC(C)CC(C)(CO)NC2CC2)n1. The van der Waals surface area contributed by atoms with E-state index in [1.807, 2.05) is 0 Å². The molecular weight excluding hydrogens is 278 g/mol. The first-order chi connectivity index (χ1) is 9.04. The summed E-state index contributed by atoms with van der Waals surface area (Å²) in [6, 6.07) is 0.613. The smallest absolute Gasteiger partial charge is 0.170 e. The highest BCUT2D eigenvalue weighted by atomic mass is 32.2. The van der Waals surface area contributed by atoms with Crippen LogP contribution < -0.4 is 5.32 Å². The third kappa shape index (κ3) is 4.70. The van der Waals surface area contributed by atoms with Crippen molar-refractivity contribution in [2.75, 3.05) is 6.61 Å². The number of aliphatic hydroxyl groups excluding tert-OH is 1. The molecule has 0 radical (unpaired) electrons. The standard InChI is InChI=1S/C13H23N3OS2/c1-4-11-14-12(19-16-11)18-9(2)7-13(3,8-17)15-10-5-6-10/h9-10,15,17H,4-8H2,1-3H3. The summed E-state index contributed by atoms with van der Waals surface area (Å²) < 4.78 is 5.35. The van der Waals surface area contributed by atoms with Gasteiger partial charge in [-0.1, -0.05) is 25.6 Å². The summed E-state index contributed by atoms with van der Waals surface area (Å²) in [5.74, 6) is 0.931. The second kappa shape index (κ2) is 6.52. The van der Waals surface area contributed by atoms with Crippen molar-refractivity contribution in [1.82, 2.24) is 14.7 Å². The van der Waals surface area contributed by atoms with Gasteiger partial charge >= 0.3 is 0 Å². The van der Waals surface area contributed by atoms with Crippen molar-refractivity contribution in [2.24, 2.45) is 0 Å². The number of nitrogens with zero attached hydrogens (tertiary/aromatic N) is 2. The van der Waals surface area contributed by atoms with Crippen LogP contribution in [0.2, 0.25) is 0 Å². The van der Waals surface area contributed by atoms with Crippen LogP contribution in [-0.4, -0.2) is 37.9 Å². The maximum atomic E-state index is 9.62. The molecule has 2 rings (SSSR count). The summed E-state index contributed by atoms with van der Waals surface area (Å²) in [5.41, 5.74) is -0.175. The van der Waals surface area contributed by atoms with Crippen molar-refractivity contribution >= 4 is 23.3 Å². The third-order valence-corrected chi connectivity index (χ3v) is 5.21. The van der Waals surface area contributed by atoms with Gasteiger partial charge in [0.25, 0.3) is 0 Å². The van der Waals surface area contributed by atoms with Crippen molar-refractivity contribution in [3.63, 3.8) is 0 Å². The Morgan fingerprint density at radius 2 is 2.32 bits per heavy atom. The molecule has 2 atom stereocenters. The summed E-state index contributed by atoms with van der Waals surface area (Å²) in [4.78, 5) is 4.49. The highest BCUT2D eigenvalue weighted by Gasteiger charge is 2.33. The van der Waals surface area contributed by atoms with Gasteiger partial charge in [-0.05, 0) is 37.7 Å². The fourth-order valence-corrected chi connectivity index (χ4v) is 4.40. The zero-order valence-electron chi connectivity index (χ0n) is 11.8. The lowest BCUT2D eigenvalue weighted by Crippen LogP contribution is -2.48. The van der Waals surface area contributed by atoms with Crippen LogP contribution in [0.15, 0.2) is 4.34 Å². The molecule has 108 valence electrons. The molecule has 1 heterocycles. The van der Waals surface area contributed by atoms with Gasteiger partial charge in [-0.3, -0.25) is 0 Å². The van der Waals surface area contributed by atoms with Gasteiger partial charge in [0.15, 0.2) is 4.34 Å². The Bertz CT molecular complexity index is 408. The van der Waals surface area contributed by atoms with Crippen molar-refractivity contribution in [3.05, 3.63) is 5.82 Å². The van der Waals surface area contributed by atoms with Crippen molar-refractivity contribution < 1.29 is 5.11 Å². The molecule has 1 aromatic heterocycles. The van der Waals surface area contributed by atoms with Crippen molar-refractivity contribution in [1.29, 1.82) is 0 Å². The van der Waals surface area contributed by atoms with E-state index in [4.69, 9.17) is 0 Å². The van der Waals surface area contributed by atoms with Crippen LogP contribution in [0.25, 0.3) is 0 Å². The molecule has 4 nitrogen and oxygen atoms in total. The van der Waals surface area contributed by atoms with E-state index in [2.05, 4.69) is 35.4 Å². The fourth-order valence-electron chi connectivity index (χ4n) is 2.17. The summed E-state index contributed by atoms with van der Waals surface area (Å²) in [6.45, 7) is 6.56. The molecule has 0 spiro atoms. The average Bonchev–Trinajstić information content (AvgIpc) is 3.05. The fraction of sp³-hybridized carbons (Fsp3) is 0.846. The lowest BCUT2D eigenvalue weighted by molar-refractivity contribution is 0.164. The molecule has 6 heteroatoms. The largest absolute Gasteiger partial charge is 0.394 e. The third-order valence-electron chi connectivity index (χ3n) is 3.28. The van der Waals surface area contributed by atoms with E-state index < -0.39 is 0 Å². The number of aromatic nitrogens is 2. The first-order valence-electron chi connectivity index (χ1n) is 6.92. The van der Waals surface area contributed by atoms with Crippen LogP contribution in [0.4, 0.5) is 0 Å². The van der Waals surface area contributed by atoms with E-state index in [0.717, 1.165) is 23.0 Å². The molecule has 1 aromatic rings. The normalized spacial score (nSPS) is 20.2. The molecule has 0 saturated heterocycles. The molecule has 1 saturated carbocycles. The molecule has 0 aromatic carbocycles. The first kappa shape index (κ1) is 15.2. The number of hydrogen-bond donors (Lipinski definition) is 2. The van der Waals surface area contributed by atoms with Crippen LogP contribution in [0.3, 0.4) is 0 Å². The number of aliphatic hydroxyl groups is 1. The minimum atomic E-state index is -0.175. The first-order valence-corrected chi connectivity index (χ1v) is 8.58. The number of rotatable bonds is 8. The highest BCUT2D eigenvalue weighted by molar-refractivity contribution is 8.01. The minimum absolute atomic E-state index is 0.175. The summed E-state index contributed by atoms with van der Waals surface area (Å²) >= 11 is 3.24. The Morgan fingerprint density at radius 3 is 2.84 bits per heavy atom. The van der Waals surface area contributed by atoms with Crippen molar-refractivity contribution in [3.8, 4) is 0 Å². The number of hydrogen-bond acceptors (Lipinski definition) is 6. The molecule has 0 amide bonds. The van der Waals surface area contributed by atoms with Gasteiger partial charge in [0, 0.05) is 23.3 Å². The van der Waals surface area contributed by atoms with Crippen molar-refractivity contribution in [2.45, 2.75) is 67.6 Å². The highest BCUT2D eigenvalue weighted by Crippen LogP contribution is 2.31. The number of nitrogens with one attached hydrogen (secondary N) is 1. The minimum Gasteiger partial charge on any atom is -0.394 e. The van der Waals surface area contributed by atoms with E-state index in [-0.39, 0.29) is 12.1 Å². The van der Waals surface area contributed by atoms with Gasteiger partial charge in [0.2, 0.25) is 0 Å². The molecule has 2 N–H and O–H groups in total. The summed E-state index contributed by atoms with van der Waals surface area (Å²) in [5, 5.41) is 13.6. The van der Waals surface area contributed by atoms with E-state index in [1.54, 1.807) is 11.8 Å². The van der Waals surface area contributed by atoms with Gasteiger partial charge in [-0.15, -0.1) is 0 Å². The molecule has 19 heavy (non-hydrogen) atoms. The number of thioether (sulfide) groups is 1. The lowest BCUT2D eigenvalue weighted by Gasteiger charge is -2.31. The molecule has 2 unspecified atom stereocenters. The molecule has 0 bridgehead atoms.